The third-order valence-corrected chi connectivity index (χ3v) is 4.65. The molecule has 4 rings (SSSR count). The zero-order valence-corrected chi connectivity index (χ0v) is 11.1. The van der Waals surface area contributed by atoms with Gasteiger partial charge in [0.15, 0.2) is 0 Å². The number of thiophene rings is 1. The van der Waals surface area contributed by atoms with E-state index in [1.165, 1.54) is 31.3 Å². The predicted molar refractivity (Wildman–Crippen MR) is 83.6 cm³/mol. The summed E-state index contributed by atoms with van der Waals surface area (Å²) in [6, 6.07) is 26.5. The molecule has 1 heterocycles. The topological polar surface area (TPSA) is 0 Å². The lowest BCUT2D eigenvalue weighted by Gasteiger charge is -2.02. The summed E-state index contributed by atoms with van der Waals surface area (Å²) in [6.45, 7) is 0. The van der Waals surface area contributed by atoms with Crippen LogP contribution in [0.25, 0.3) is 31.3 Å². The SMILES string of the molecule is [c]1ccc(-c2cccc3c2sc2ccccc23)cc1. The molecule has 4 aromatic rings. The number of rotatable bonds is 1. The Labute approximate surface area is 115 Å². The molecule has 89 valence electrons. The van der Waals surface area contributed by atoms with Gasteiger partial charge in [-0.1, -0.05) is 60.7 Å². The van der Waals surface area contributed by atoms with Crippen LogP contribution in [0.15, 0.2) is 66.7 Å². The van der Waals surface area contributed by atoms with E-state index in [-0.39, 0.29) is 0 Å². The Morgan fingerprint density at radius 3 is 2.42 bits per heavy atom. The Bertz CT molecular complexity index is 857. The fourth-order valence-corrected chi connectivity index (χ4v) is 3.78. The molecule has 1 radical (unpaired) electrons. The van der Waals surface area contributed by atoms with Crippen LogP contribution in [0.4, 0.5) is 0 Å². The fraction of sp³-hybridized carbons (Fsp3) is 0. The van der Waals surface area contributed by atoms with Gasteiger partial charge in [-0.2, -0.15) is 0 Å². The van der Waals surface area contributed by atoms with Crippen molar-refractivity contribution in [3.8, 4) is 11.1 Å². The molecule has 0 saturated carbocycles. The van der Waals surface area contributed by atoms with Gasteiger partial charge < -0.3 is 0 Å². The van der Waals surface area contributed by atoms with E-state index in [4.69, 9.17) is 0 Å². The van der Waals surface area contributed by atoms with Gasteiger partial charge in [-0.05, 0) is 23.3 Å². The average Bonchev–Trinajstić information content (AvgIpc) is 2.87. The second kappa shape index (κ2) is 4.22. The summed E-state index contributed by atoms with van der Waals surface area (Å²) in [5, 5.41) is 2.71. The molecule has 0 amide bonds. The normalized spacial score (nSPS) is 11.2. The minimum atomic E-state index is 1.26. The van der Waals surface area contributed by atoms with Crippen molar-refractivity contribution in [2.45, 2.75) is 0 Å². The summed E-state index contributed by atoms with van der Waals surface area (Å²) in [5.74, 6) is 0. The molecule has 0 atom stereocenters. The largest absolute Gasteiger partial charge is 0.135 e. The van der Waals surface area contributed by atoms with Gasteiger partial charge in [0, 0.05) is 20.2 Å². The summed E-state index contributed by atoms with van der Waals surface area (Å²) in [4.78, 5) is 0. The van der Waals surface area contributed by atoms with Crippen LogP contribution in [0.5, 0.6) is 0 Å². The highest BCUT2D eigenvalue weighted by molar-refractivity contribution is 7.26. The molecule has 0 aliphatic carbocycles. The van der Waals surface area contributed by atoms with Gasteiger partial charge in [0.1, 0.15) is 0 Å². The first-order chi connectivity index (χ1) is 9.43. The van der Waals surface area contributed by atoms with Crippen LogP contribution in [0.3, 0.4) is 0 Å². The van der Waals surface area contributed by atoms with Gasteiger partial charge in [-0.15, -0.1) is 11.3 Å². The number of benzene rings is 3. The third kappa shape index (κ3) is 1.66. The van der Waals surface area contributed by atoms with Crippen LogP contribution >= 0.6 is 11.3 Å². The lowest BCUT2D eigenvalue weighted by molar-refractivity contribution is 1.66. The minimum Gasteiger partial charge on any atom is -0.135 e. The Kier molecular flexibility index (Phi) is 2.39. The van der Waals surface area contributed by atoms with Crippen LogP contribution in [0.1, 0.15) is 0 Å². The van der Waals surface area contributed by atoms with E-state index in [1.807, 2.05) is 23.5 Å². The molecule has 0 bridgehead atoms. The number of fused-ring (bicyclic) bond motifs is 3. The van der Waals surface area contributed by atoms with Gasteiger partial charge in [-0.25, -0.2) is 0 Å². The third-order valence-electron chi connectivity index (χ3n) is 3.43. The zero-order chi connectivity index (χ0) is 12.7. The summed E-state index contributed by atoms with van der Waals surface area (Å²) >= 11 is 1.87. The summed E-state index contributed by atoms with van der Waals surface area (Å²) in [5.41, 5.74) is 2.57. The van der Waals surface area contributed by atoms with Crippen molar-refractivity contribution >= 4 is 31.5 Å². The highest BCUT2D eigenvalue weighted by Gasteiger charge is 2.08. The van der Waals surface area contributed by atoms with Crippen LogP contribution < -0.4 is 0 Å². The summed E-state index contributed by atoms with van der Waals surface area (Å²) in [7, 11) is 0. The second-order valence-electron chi connectivity index (χ2n) is 4.57. The predicted octanol–water partition coefficient (Wildman–Crippen LogP) is 5.52. The van der Waals surface area contributed by atoms with Crippen molar-refractivity contribution < 1.29 is 0 Å². The van der Waals surface area contributed by atoms with E-state index in [9.17, 15) is 0 Å². The lowest BCUT2D eigenvalue weighted by Crippen LogP contribution is -1.76. The molecule has 0 aliphatic rings. The molecule has 3 aromatic carbocycles. The maximum absolute atomic E-state index is 3.08. The molecule has 0 nitrogen and oxygen atoms in total. The summed E-state index contributed by atoms with van der Waals surface area (Å²) < 4.78 is 2.72. The maximum Gasteiger partial charge on any atom is 0.0433 e. The van der Waals surface area contributed by atoms with E-state index in [2.05, 4.69) is 60.7 Å². The molecule has 0 unspecified atom stereocenters. The van der Waals surface area contributed by atoms with Crippen molar-refractivity contribution in [2.75, 3.05) is 0 Å². The summed E-state index contributed by atoms with van der Waals surface area (Å²) in [6.07, 6.45) is 0. The monoisotopic (exact) mass is 259 g/mol. The first-order valence-corrected chi connectivity index (χ1v) is 7.12. The van der Waals surface area contributed by atoms with Gasteiger partial charge >= 0.3 is 0 Å². The Hall–Kier alpha value is -2.12. The highest BCUT2D eigenvalue weighted by atomic mass is 32.1. The minimum absolute atomic E-state index is 1.26. The quantitative estimate of drug-likeness (QED) is 0.422. The first kappa shape index (κ1) is 10.8. The molecule has 1 aromatic heterocycles. The van der Waals surface area contributed by atoms with E-state index >= 15 is 0 Å². The van der Waals surface area contributed by atoms with E-state index in [0.29, 0.717) is 0 Å². The van der Waals surface area contributed by atoms with Gasteiger partial charge in [0.25, 0.3) is 0 Å². The lowest BCUT2D eigenvalue weighted by atomic mass is 10.0. The molecular formula is C18H11S. The Morgan fingerprint density at radius 2 is 1.53 bits per heavy atom. The number of hydrogen-bond acceptors (Lipinski definition) is 1. The van der Waals surface area contributed by atoms with Crippen molar-refractivity contribution in [3.05, 3.63) is 72.8 Å². The van der Waals surface area contributed by atoms with Gasteiger partial charge in [-0.3, -0.25) is 0 Å². The van der Waals surface area contributed by atoms with E-state index in [1.54, 1.807) is 0 Å². The highest BCUT2D eigenvalue weighted by Crippen LogP contribution is 2.39. The van der Waals surface area contributed by atoms with Crippen molar-refractivity contribution in [1.82, 2.24) is 0 Å². The van der Waals surface area contributed by atoms with Crippen molar-refractivity contribution in [2.24, 2.45) is 0 Å². The van der Waals surface area contributed by atoms with Crippen LogP contribution in [-0.4, -0.2) is 0 Å². The van der Waals surface area contributed by atoms with Crippen molar-refractivity contribution in [3.63, 3.8) is 0 Å². The number of hydrogen-bond donors (Lipinski definition) is 0. The molecule has 19 heavy (non-hydrogen) atoms. The molecular weight excluding hydrogens is 248 g/mol. The van der Waals surface area contributed by atoms with Crippen LogP contribution in [-0.2, 0) is 0 Å². The van der Waals surface area contributed by atoms with Crippen LogP contribution in [0.2, 0.25) is 0 Å². The smallest absolute Gasteiger partial charge is 0.0433 e. The molecule has 0 N–H and O–H groups in total. The maximum atomic E-state index is 3.08. The van der Waals surface area contributed by atoms with Gasteiger partial charge in [0.2, 0.25) is 0 Å². The van der Waals surface area contributed by atoms with Gasteiger partial charge in [0.05, 0.1) is 0 Å². The van der Waals surface area contributed by atoms with E-state index in [0.717, 1.165) is 0 Å². The molecule has 0 saturated heterocycles. The average molecular weight is 259 g/mol. The Morgan fingerprint density at radius 1 is 0.737 bits per heavy atom. The molecule has 0 fully saturated rings. The first-order valence-electron chi connectivity index (χ1n) is 6.30. The Balaban J connectivity index is 2.13. The molecule has 0 aliphatic heterocycles. The standard InChI is InChI=1S/C18H11S/c1-2-7-13(8-3-1)14-10-6-11-16-15-9-4-5-12-17(15)19-18(14)16/h2-12H. The van der Waals surface area contributed by atoms with Crippen molar-refractivity contribution in [1.29, 1.82) is 0 Å². The second-order valence-corrected chi connectivity index (χ2v) is 5.62. The van der Waals surface area contributed by atoms with Crippen LogP contribution in [0, 0.1) is 6.07 Å². The van der Waals surface area contributed by atoms with E-state index < -0.39 is 0 Å². The molecule has 0 spiro atoms. The zero-order valence-electron chi connectivity index (χ0n) is 10.3. The molecule has 1 heteroatoms. The fourth-order valence-electron chi connectivity index (χ4n) is 2.54.